The van der Waals surface area contributed by atoms with E-state index in [0.29, 0.717) is 0 Å². The summed E-state index contributed by atoms with van der Waals surface area (Å²) in [6.45, 7) is 14.4. The molecule has 4 nitrogen and oxygen atoms in total. The number of nitrogens with one attached hydrogen (secondary N) is 1. The van der Waals surface area contributed by atoms with Crippen molar-refractivity contribution in [2.45, 2.75) is 78.5 Å². The maximum absolute atomic E-state index is 5.97. The highest BCUT2D eigenvalue weighted by molar-refractivity contribution is 5.26. The van der Waals surface area contributed by atoms with Crippen LogP contribution in [-0.4, -0.2) is 22.1 Å². The van der Waals surface area contributed by atoms with Gasteiger partial charge in [0.25, 0.3) is 0 Å². The van der Waals surface area contributed by atoms with Crippen LogP contribution in [0.3, 0.4) is 0 Å². The molecule has 0 spiro atoms. The number of ether oxygens (including phenoxy) is 1. The quantitative estimate of drug-likeness (QED) is 0.927. The third-order valence-corrected chi connectivity index (χ3v) is 4.16. The molecule has 0 amide bonds. The Hall–Kier alpha value is -1.00. The molecule has 0 aliphatic carbocycles. The average Bonchev–Trinajstić information content (AvgIpc) is 2.37. The van der Waals surface area contributed by atoms with Crippen molar-refractivity contribution in [3.8, 4) is 0 Å². The van der Waals surface area contributed by atoms with Gasteiger partial charge in [0, 0.05) is 35.6 Å². The first-order valence-corrected chi connectivity index (χ1v) is 7.95. The monoisotopic (exact) mass is 291 g/mol. The lowest BCUT2D eigenvalue weighted by atomic mass is 9.94. The van der Waals surface area contributed by atoms with E-state index in [1.165, 1.54) is 12.0 Å². The number of nitrogens with zero attached hydrogens (tertiary/aromatic N) is 2. The third kappa shape index (κ3) is 4.01. The predicted octanol–water partition coefficient (Wildman–Crippen LogP) is 3.40. The minimum atomic E-state index is -0.316. The zero-order chi connectivity index (χ0) is 15.7. The predicted molar refractivity (Wildman–Crippen MR) is 85.3 cm³/mol. The molecule has 1 unspecified atom stereocenters. The third-order valence-electron chi connectivity index (χ3n) is 4.16. The Morgan fingerprint density at radius 1 is 1.14 bits per heavy atom. The fraction of sp³-hybridized carbons (Fsp3) is 0.765. The Morgan fingerprint density at radius 3 is 2.24 bits per heavy atom. The van der Waals surface area contributed by atoms with Crippen LogP contribution >= 0.6 is 0 Å². The smallest absolute Gasteiger partial charge is 0.160 e. The van der Waals surface area contributed by atoms with Gasteiger partial charge in [0.2, 0.25) is 0 Å². The molecule has 1 fully saturated rings. The molecule has 1 N–H and O–H groups in total. The van der Waals surface area contributed by atoms with E-state index in [9.17, 15) is 0 Å². The summed E-state index contributed by atoms with van der Waals surface area (Å²) in [4.78, 5) is 9.51. The van der Waals surface area contributed by atoms with Crippen LogP contribution in [0.1, 0.15) is 69.7 Å². The van der Waals surface area contributed by atoms with Crippen LogP contribution in [0.2, 0.25) is 0 Å². The fourth-order valence-electron chi connectivity index (χ4n) is 2.70. The van der Waals surface area contributed by atoms with Crippen molar-refractivity contribution in [1.29, 1.82) is 0 Å². The van der Waals surface area contributed by atoms with Gasteiger partial charge in [-0.15, -0.1) is 0 Å². The van der Waals surface area contributed by atoms with E-state index in [1.54, 1.807) is 0 Å². The molecule has 0 aromatic carbocycles. The molecular weight excluding hydrogens is 262 g/mol. The summed E-state index contributed by atoms with van der Waals surface area (Å²) < 4.78 is 5.97. The van der Waals surface area contributed by atoms with Crippen LogP contribution in [0.5, 0.6) is 0 Å². The highest BCUT2D eigenvalue weighted by Gasteiger charge is 2.33. The summed E-state index contributed by atoms with van der Waals surface area (Å²) in [6, 6.07) is 0. The first-order chi connectivity index (χ1) is 9.71. The Morgan fingerprint density at radius 2 is 1.76 bits per heavy atom. The fourth-order valence-corrected chi connectivity index (χ4v) is 2.70. The average molecular weight is 291 g/mol. The van der Waals surface area contributed by atoms with Crippen LogP contribution < -0.4 is 5.32 Å². The van der Waals surface area contributed by atoms with E-state index in [4.69, 9.17) is 14.7 Å². The Labute approximate surface area is 128 Å². The standard InChI is InChI=1S/C17H29N3O/c1-12-14(11-18-16(3,4)5)13(2)20-15(19-12)17(6)9-7-8-10-21-17/h18H,7-11H2,1-6H3. The van der Waals surface area contributed by atoms with E-state index in [1.807, 2.05) is 0 Å². The number of hydrogen-bond donors (Lipinski definition) is 1. The van der Waals surface area contributed by atoms with Gasteiger partial charge in [-0.3, -0.25) is 0 Å². The molecular formula is C17H29N3O. The molecule has 0 bridgehead atoms. The Kier molecular flexibility index (Phi) is 4.69. The lowest BCUT2D eigenvalue weighted by Gasteiger charge is -2.33. The van der Waals surface area contributed by atoms with Gasteiger partial charge in [0.15, 0.2) is 5.82 Å². The second-order valence-corrected chi connectivity index (χ2v) is 7.34. The minimum absolute atomic E-state index is 0.0933. The molecule has 1 aliphatic rings. The molecule has 21 heavy (non-hydrogen) atoms. The Balaban J connectivity index is 2.24. The molecule has 2 rings (SSSR count). The summed E-state index contributed by atoms with van der Waals surface area (Å²) in [5.74, 6) is 0.844. The molecule has 1 saturated heterocycles. The maximum atomic E-state index is 5.97. The van der Waals surface area contributed by atoms with Crippen LogP contribution in [-0.2, 0) is 16.9 Å². The second-order valence-electron chi connectivity index (χ2n) is 7.34. The molecule has 1 aliphatic heterocycles. The first kappa shape index (κ1) is 16.4. The number of hydrogen-bond acceptors (Lipinski definition) is 4. The molecule has 4 heteroatoms. The van der Waals surface area contributed by atoms with Crippen LogP contribution in [0, 0.1) is 13.8 Å². The minimum Gasteiger partial charge on any atom is -0.367 e. The zero-order valence-corrected chi connectivity index (χ0v) is 14.3. The van der Waals surface area contributed by atoms with Crippen molar-refractivity contribution >= 4 is 0 Å². The van der Waals surface area contributed by atoms with Gasteiger partial charge in [-0.25, -0.2) is 9.97 Å². The van der Waals surface area contributed by atoms with Crippen molar-refractivity contribution < 1.29 is 4.74 Å². The second kappa shape index (κ2) is 6.01. The lowest BCUT2D eigenvalue weighted by Crippen LogP contribution is -2.36. The van der Waals surface area contributed by atoms with Crippen LogP contribution in [0.4, 0.5) is 0 Å². The highest BCUT2D eigenvalue weighted by atomic mass is 16.5. The van der Waals surface area contributed by atoms with Gasteiger partial charge in [-0.05, 0) is 60.8 Å². The molecule has 0 saturated carbocycles. The Bertz CT molecular complexity index is 476. The molecule has 1 atom stereocenters. The summed E-state index contributed by atoms with van der Waals surface area (Å²) >= 11 is 0. The van der Waals surface area contributed by atoms with Crippen molar-refractivity contribution in [3.63, 3.8) is 0 Å². The van der Waals surface area contributed by atoms with E-state index < -0.39 is 0 Å². The van der Waals surface area contributed by atoms with Gasteiger partial charge in [0.05, 0.1) is 0 Å². The van der Waals surface area contributed by atoms with Crippen molar-refractivity contribution in [2.24, 2.45) is 0 Å². The van der Waals surface area contributed by atoms with Crippen molar-refractivity contribution in [2.75, 3.05) is 6.61 Å². The van der Waals surface area contributed by atoms with Crippen molar-refractivity contribution in [1.82, 2.24) is 15.3 Å². The van der Waals surface area contributed by atoms with Gasteiger partial charge >= 0.3 is 0 Å². The number of aromatic nitrogens is 2. The molecule has 1 aromatic rings. The van der Waals surface area contributed by atoms with E-state index in [2.05, 4.69) is 46.9 Å². The lowest BCUT2D eigenvalue weighted by molar-refractivity contribution is -0.0762. The number of rotatable bonds is 3. The SMILES string of the molecule is Cc1nc(C2(C)CCCCO2)nc(C)c1CNC(C)(C)C. The topological polar surface area (TPSA) is 47.0 Å². The van der Waals surface area contributed by atoms with Gasteiger partial charge in [0.1, 0.15) is 5.60 Å². The number of aryl methyl sites for hydroxylation is 2. The van der Waals surface area contributed by atoms with Crippen molar-refractivity contribution in [3.05, 3.63) is 22.8 Å². The van der Waals surface area contributed by atoms with Crippen LogP contribution in [0.15, 0.2) is 0 Å². The molecule has 118 valence electrons. The first-order valence-electron chi connectivity index (χ1n) is 7.95. The summed E-state index contributed by atoms with van der Waals surface area (Å²) in [5, 5.41) is 3.52. The molecule has 1 aromatic heterocycles. The molecule has 2 heterocycles. The van der Waals surface area contributed by atoms with Gasteiger partial charge in [-0.1, -0.05) is 0 Å². The molecule has 0 radical (unpaired) electrons. The van der Waals surface area contributed by atoms with E-state index >= 15 is 0 Å². The van der Waals surface area contributed by atoms with Crippen LogP contribution in [0.25, 0.3) is 0 Å². The zero-order valence-electron chi connectivity index (χ0n) is 14.3. The normalized spacial score (nSPS) is 23.3. The van der Waals surface area contributed by atoms with Gasteiger partial charge < -0.3 is 10.1 Å². The largest absolute Gasteiger partial charge is 0.367 e. The maximum Gasteiger partial charge on any atom is 0.160 e. The summed E-state index contributed by atoms with van der Waals surface area (Å²) in [7, 11) is 0. The van der Waals surface area contributed by atoms with E-state index in [0.717, 1.165) is 43.2 Å². The summed E-state index contributed by atoms with van der Waals surface area (Å²) in [5.41, 5.74) is 3.10. The summed E-state index contributed by atoms with van der Waals surface area (Å²) in [6.07, 6.45) is 3.33. The highest BCUT2D eigenvalue weighted by Crippen LogP contribution is 2.33. The van der Waals surface area contributed by atoms with E-state index in [-0.39, 0.29) is 11.1 Å². The van der Waals surface area contributed by atoms with Gasteiger partial charge in [-0.2, -0.15) is 0 Å².